The first kappa shape index (κ1) is 13.8. The highest BCUT2D eigenvalue weighted by molar-refractivity contribution is 5.42. The van der Waals surface area contributed by atoms with Crippen LogP contribution in [0.15, 0.2) is 0 Å². The Morgan fingerprint density at radius 2 is 1.84 bits per heavy atom. The molecule has 0 bridgehead atoms. The van der Waals surface area contributed by atoms with E-state index in [2.05, 4.69) is 30.6 Å². The summed E-state index contributed by atoms with van der Waals surface area (Å²) in [7, 11) is 3.76. The van der Waals surface area contributed by atoms with Crippen molar-refractivity contribution in [3.63, 3.8) is 0 Å². The average Bonchev–Trinajstić information content (AvgIpc) is 2.91. The number of nitrogens with two attached hydrogens (primary N) is 1. The summed E-state index contributed by atoms with van der Waals surface area (Å²) in [4.78, 5) is 16.9. The summed E-state index contributed by atoms with van der Waals surface area (Å²) in [5, 5.41) is 3.22. The molecule has 1 aliphatic heterocycles. The van der Waals surface area contributed by atoms with Gasteiger partial charge in [0, 0.05) is 27.2 Å². The number of anilines is 3. The van der Waals surface area contributed by atoms with E-state index in [1.807, 2.05) is 19.0 Å². The fourth-order valence-electron chi connectivity index (χ4n) is 2.04. The normalized spacial score (nSPS) is 15.5. The molecule has 1 aliphatic rings. The predicted molar refractivity (Wildman–Crippen MR) is 76.1 cm³/mol. The molecule has 0 spiro atoms. The number of hydrazine groups is 1. The molecule has 0 atom stereocenters. The molecular formula is C11H22N8. The highest BCUT2D eigenvalue weighted by atomic mass is 15.4. The van der Waals surface area contributed by atoms with Gasteiger partial charge >= 0.3 is 0 Å². The molecule has 4 N–H and O–H groups in total. The maximum Gasteiger partial charge on any atom is 0.243 e. The largest absolute Gasteiger partial charge is 0.353 e. The monoisotopic (exact) mass is 266 g/mol. The van der Waals surface area contributed by atoms with Gasteiger partial charge in [0.25, 0.3) is 0 Å². The first-order valence-electron chi connectivity index (χ1n) is 6.55. The van der Waals surface area contributed by atoms with Crippen LogP contribution in [0.5, 0.6) is 0 Å². The van der Waals surface area contributed by atoms with Crippen molar-refractivity contribution in [3.05, 3.63) is 0 Å². The van der Waals surface area contributed by atoms with Crippen LogP contribution in [0.3, 0.4) is 0 Å². The molecule has 2 heterocycles. The minimum atomic E-state index is 0.363. The minimum absolute atomic E-state index is 0.363. The Balaban J connectivity index is 1.92. The number of hydrogen-bond donors (Lipinski definition) is 3. The van der Waals surface area contributed by atoms with E-state index in [4.69, 9.17) is 5.84 Å². The topological polar surface area (TPSA) is 95.2 Å². The molecule has 19 heavy (non-hydrogen) atoms. The van der Waals surface area contributed by atoms with Gasteiger partial charge in [-0.05, 0) is 25.9 Å². The van der Waals surface area contributed by atoms with Gasteiger partial charge in [-0.15, -0.1) is 0 Å². The lowest BCUT2D eigenvalue weighted by Gasteiger charge is -2.16. The lowest BCUT2D eigenvalue weighted by atomic mass is 10.4. The number of rotatable bonds is 6. The molecule has 0 saturated carbocycles. The van der Waals surface area contributed by atoms with E-state index < -0.39 is 0 Å². The second-order valence-corrected chi connectivity index (χ2v) is 4.80. The van der Waals surface area contributed by atoms with E-state index in [0.717, 1.165) is 13.1 Å². The van der Waals surface area contributed by atoms with E-state index in [9.17, 15) is 0 Å². The molecule has 8 nitrogen and oxygen atoms in total. The third-order valence-electron chi connectivity index (χ3n) is 3.06. The van der Waals surface area contributed by atoms with Gasteiger partial charge < -0.3 is 15.1 Å². The highest BCUT2D eigenvalue weighted by Crippen LogP contribution is 2.11. The van der Waals surface area contributed by atoms with Crippen LogP contribution in [0.25, 0.3) is 0 Å². The van der Waals surface area contributed by atoms with Crippen molar-refractivity contribution in [1.82, 2.24) is 19.9 Å². The summed E-state index contributed by atoms with van der Waals surface area (Å²) in [5.74, 6) is 6.84. The zero-order valence-corrected chi connectivity index (χ0v) is 11.6. The summed E-state index contributed by atoms with van der Waals surface area (Å²) in [5.41, 5.74) is 2.45. The van der Waals surface area contributed by atoms with Gasteiger partial charge in [0.1, 0.15) is 0 Å². The van der Waals surface area contributed by atoms with Gasteiger partial charge in [-0.2, -0.15) is 15.0 Å². The summed E-state index contributed by atoms with van der Waals surface area (Å²) in [6, 6.07) is 0. The molecule has 0 aromatic carbocycles. The molecule has 0 aliphatic carbocycles. The molecule has 2 rings (SSSR count). The highest BCUT2D eigenvalue weighted by Gasteiger charge is 2.11. The van der Waals surface area contributed by atoms with Crippen molar-refractivity contribution in [2.75, 3.05) is 55.9 Å². The number of nitrogens with one attached hydrogen (secondary N) is 2. The standard InChI is InChI=1S/C11H22N8/c1-18(2)11-15-9(14-10(16-11)17-12)13-5-8-19-6-3-4-7-19/h3-8,12H2,1-2H3,(H2,13,14,15,16,17). The van der Waals surface area contributed by atoms with Crippen molar-refractivity contribution >= 4 is 17.8 Å². The number of hydrogen-bond acceptors (Lipinski definition) is 8. The molecule has 8 heteroatoms. The van der Waals surface area contributed by atoms with E-state index in [-0.39, 0.29) is 0 Å². The van der Waals surface area contributed by atoms with Crippen molar-refractivity contribution in [2.24, 2.45) is 5.84 Å². The third-order valence-corrected chi connectivity index (χ3v) is 3.06. The quantitative estimate of drug-likeness (QED) is 0.478. The van der Waals surface area contributed by atoms with E-state index in [0.29, 0.717) is 17.8 Å². The van der Waals surface area contributed by atoms with Gasteiger partial charge in [0.05, 0.1) is 0 Å². The Morgan fingerprint density at radius 3 is 2.47 bits per heavy atom. The van der Waals surface area contributed by atoms with Crippen LogP contribution < -0.4 is 21.5 Å². The van der Waals surface area contributed by atoms with Crippen LogP contribution in [-0.4, -0.2) is 60.1 Å². The van der Waals surface area contributed by atoms with Crippen LogP contribution >= 0.6 is 0 Å². The van der Waals surface area contributed by atoms with Crippen molar-refractivity contribution in [1.29, 1.82) is 0 Å². The summed E-state index contributed by atoms with van der Waals surface area (Å²) in [6.45, 7) is 4.21. The van der Waals surface area contributed by atoms with Crippen LogP contribution in [0.1, 0.15) is 12.8 Å². The molecule has 1 fully saturated rings. The zero-order valence-electron chi connectivity index (χ0n) is 11.6. The Labute approximate surface area is 113 Å². The average molecular weight is 266 g/mol. The third kappa shape index (κ3) is 3.90. The number of nitrogens with zero attached hydrogens (tertiary/aromatic N) is 5. The SMILES string of the molecule is CN(C)c1nc(NN)nc(NCCN2CCCC2)n1. The van der Waals surface area contributed by atoms with Gasteiger partial charge in [0.15, 0.2) is 0 Å². The minimum Gasteiger partial charge on any atom is -0.353 e. The fourth-order valence-corrected chi connectivity index (χ4v) is 2.04. The number of nitrogen functional groups attached to an aromatic ring is 1. The summed E-state index contributed by atoms with van der Waals surface area (Å²) in [6.07, 6.45) is 2.61. The first-order chi connectivity index (χ1) is 9.19. The van der Waals surface area contributed by atoms with Crippen molar-refractivity contribution in [3.8, 4) is 0 Å². The molecule has 0 radical (unpaired) electrons. The maximum absolute atomic E-state index is 5.36. The van der Waals surface area contributed by atoms with Crippen molar-refractivity contribution < 1.29 is 0 Å². The Kier molecular flexibility index (Phi) is 4.69. The fraction of sp³-hybridized carbons (Fsp3) is 0.727. The molecule has 1 aromatic rings. The lowest BCUT2D eigenvalue weighted by molar-refractivity contribution is 0.352. The Morgan fingerprint density at radius 1 is 1.16 bits per heavy atom. The van der Waals surface area contributed by atoms with E-state index >= 15 is 0 Å². The summed E-state index contributed by atoms with van der Waals surface area (Å²) >= 11 is 0. The van der Waals surface area contributed by atoms with E-state index in [1.54, 1.807) is 0 Å². The van der Waals surface area contributed by atoms with Gasteiger partial charge in [-0.1, -0.05) is 0 Å². The molecule has 0 amide bonds. The summed E-state index contributed by atoms with van der Waals surface area (Å²) < 4.78 is 0. The van der Waals surface area contributed by atoms with E-state index in [1.165, 1.54) is 25.9 Å². The first-order valence-corrected chi connectivity index (χ1v) is 6.55. The Bertz CT molecular complexity index is 402. The van der Waals surface area contributed by atoms with Gasteiger partial charge in [-0.3, -0.25) is 5.43 Å². The zero-order chi connectivity index (χ0) is 13.7. The molecule has 106 valence electrons. The van der Waals surface area contributed by atoms with Crippen LogP contribution in [0, 0.1) is 0 Å². The number of likely N-dealkylation sites (tertiary alicyclic amines) is 1. The van der Waals surface area contributed by atoms with Crippen molar-refractivity contribution in [2.45, 2.75) is 12.8 Å². The van der Waals surface area contributed by atoms with Crippen LogP contribution in [0.2, 0.25) is 0 Å². The number of aromatic nitrogens is 3. The predicted octanol–water partition coefficient (Wildman–Crippen LogP) is -0.269. The van der Waals surface area contributed by atoms with Crippen LogP contribution in [0.4, 0.5) is 17.8 Å². The Hall–Kier alpha value is -1.67. The van der Waals surface area contributed by atoms with Crippen LogP contribution in [-0.2, 0) is 0 Å². The molecule has 1 saturated heterocycles. The molecular weight excluding hydrogens is 244 g/mol. The molecule has 1 aromatic heterocycles. The smallest absolute Gasteiger partial charge is 0.243 e. The van der Waals surface area contributed by atoms with Gasteiger partial charge in [-0.25, -0.2) is 5.84 Å². The van der Waals surface area contributed by atoms with Gasteiger partial charge in [0.2, 0.25) is 17.8 Å². The maximum atomic E-state index is 5.36. The second kappa shape index (κ2) is 6.48. The second-order valence-electron chi connectivity index (χ2n) is 4.80. The molecule has 0 unspecified atom stereocenters. The lowest BCUT2D eigenvalue weighted by Crippen LogP contribution is -2.27.